The monoisotopic (exact) mass is 282 g/mol. The zero-order valence-corrected chi connectivity index (χ0v) is 11.5. The van der Waals surface area contributed by atoms with Crippen molar-refractivity contribution in [3.8, 4) is 0 Å². The van der Waals surface area contributed by atoms with Gasteiger partial charge in [0, 0.05) is 0 Å². The molecule has 4 nitrogen and oxygen atoms in total. The van der Waals surface area contributed by atoms with Gasteiger partial charge in [0.25, 0.3) is 0 Å². The minimum absolute atomic E-state index is 0.242. The predicted molar refractivity (Wildman–Crippen MR) is 76.8 cm³/mol. The third kappa shape index (κ3) is 2.29. The van der Waals surface area contributed by atoms with Crippen LogP contribution in [0, 0.1) is 5.92 Å². The van der Waals surface area contributed by atoms with Gasteiger partial charge in [-0.05, 0) is 11.6 Å². The van der Waals surface area contributed by atoms with Crippen molar-refractivity contribution >= 4 is 17.8 Å². The van der Waals surface area contributed by atoms with Gasteiger partial charge < -0.3 is 9.15 Å². The molecule has 1 aromatic heterocycles. The Kier molecular flexibility index (Phi) is 3.44. The van der Waals surface area contributed by atoms with E-state index in [9.17, 15) is 9.59 Å². The van der Waals surface area contributed by atoms with Gasteiger partial charge in [0.1, 0.15) is 11.7 Å². The standard InChI is InChI=1S/C17H14O4/c1-20-17(19)14-12(8-7-11-5-3-2-4-6-11)16-13(15(14)18)9-10-21-16/h2-10,12,14H,1H3/b8-7+. The quantitative estimate of drug-likeness (QED) is 0.641. The average molecular weight is 282 g/mol. The predicted octanol–water partition coefficient (Wildman–Crippen LogP) is 3.06. The van der Waals surface area contributed by atoms with Gasteiger partial charge in [0.15, 0.2) is 5.78 Å². The molecule has 1 aliphatic carbocycles. The van der Waals surface area contributed by atoms with Gasteiger partial charge in [-0.3, -0.25) is 9.59 Å². The summed E-state index contributed by atoms with van der Waals surface area (Å²) in [5.74, 6) is -1.52. The fourth-order valence-corrected chi connectivity index (χ4v) is 2.62. The molecule has 0 spiro atoms. The fourth-order valence-electron chi connectivity index (χ4n) is 2.62. The van der Waals surface area contributed by atoms with E-state index in [1.54, 1.807) is 6.07 Å². The topological polar surface area (TPSA) is 56.5 Å². The molecule has 0 saturated heterocycles. The zero-order valence-electron chi connectivity index (χ0n) is 11.5. The normalized spacial score (nSPS) is 20.7. The van der Waals surface area contributed by atoms with E-state index in [4.69, 9.17) is 9.15 Å². The van der Waals surface area contributed by atoms with E-state index in [1.165, 1.54) is 13.4 Å². The summed E-state index contributed by atoms with van der Waals surface area (Å²) in [7, 11) is 1.29. The van der Waals surface area contributed by atoms with Crippen LogP contribution in [-0.2, 0) is 9.53 Å². The molecule has 1 heterocycles. The molecule has 0 amide bonds. The van der Waals surface area contributed by atoms with Crippen molar-refractivity contribution in [1.82, 2.24) is 0 Å². The number of rotatable bonds is 3. The van der Waals surface area contributed by atoms with Crippen LogP contribution in [0.25, 0.3) is 6.08 Å². The van der Waals surface area contributed by atoms with Crippen LogP contribution in [0.4, 0.5) is 0 Å². The van der Waals surface area contributed by atoms with E-state index in [0.29, 0.717) is 11.3 Å². The summed E-state index contributed by atoms with van der Waals surface area (Å²) in [6, 6.07) is 11.3. The number of esters is 1. The lowest BCUT2D eigenvalue weighted by Crippen LogP contribution is -2.24. The zero-order chi connectivity index (χ0) is 14.8. The average Bonchev–Trinajstić information content (AvgIpc) is 3.08. The van der Waals surface area contributed by atoms with Crippen molar-refractivity contribution in [3.63, 3.8) is 0 Å². The number of Topliss-reactive ketones (excluding diaryl/α,β-unsaturated/α-hetero) is 1. The van der Waals surface area contributed by atoms with Gasteiger partial charge in [0.2, 0.25) is 0 Å². The first-order valence-electron chi connectivity index (χ1n) is 6.65. The first-order chi connectivity index (χ1) is 10.2. The van der Waals surface area contributed by atoms with Crippen molar-refractivity contribution in [3.05, 3.63) is 65.6 Å². The van der Waals surface area contributed by atoms with E-state index in [-0.39, 0.29) is 5.78 Å². The minimum Gasteiger partial charge on any atom is -0.468 e. The number of allylic oxidation sites excluding steroid dienone is 1. The van der Waals surface area contributed by atoms with Crippen molar-refractivity contribution < 1.29 is 18.7 Å². The van der Waals surface area contributed by atoms with Crippen molar-refractivity contribution in [2.45, 2.75) is 5.92 Å². The molecule has 106 valence electrons. The molecule has 0 fully saturated rings. The SMILES string of the molecule is COC(=O)C1C(=O)c2ccoc2C1/C=C/c1ccccc1. The largest absolute Gasteiger partial charge is 0.468 e. The second-order valence-electron chi connectivity index (χ2n) is 4.86. The summed E-state index contributed by atoms with van der Waals surface area (Å²) >= 11 is 0. The molecule has 2 atom stereocenters. The highest BCUT2D eigenvalue weighted by Crippen LogP contribution is 2.40. The molecule has 0 radical (unpaired) electrons. The lowest BCUT2D eigenvalue weighted by molar-refractivity contribution is -0.143. The smallest absolute Gasteiger partial charge is 0.317 e. The third-order valence-corrected chi connectivity index (χ3v) is 3.66. The molecular formula is C17H14O4. The van der Waals surface area contributed by atoms with Crippen molar-refractivity contribution in [2.75, 3.05) is 7.11 Å². The molecule has 1 aromatic carbocycles. The number of ether oxygens (including phenoxy) is 1. The molecule has 2 unspecified atom stereocenters. The molecule has 0 saturated carbocycles. The highest BCUT2D eigenvalue weighted by molar-refractivity contribution is 6.13. The van der Waals surface area contributed by atoms with Crippen LogP contribution in [0.2, 0.25) is 0 Å². The molecule has 0 aliphatic heterocycles. The van der Waals surface area contributed by atoms with Crippen molar-refractivity contribution in [1.29, 1.82) is 0 Å². The second kappa shape index (κ2) is 5.40. The summed E-state index contributed by atoms with van der Waals surface area (Å²) < 4.78 is 10.1. The van der Waals surface area contributed by atoms with Gasteiger partial charge in [-0.15, -0.1) is 0 Å². The number of furan rings is 1. The second-order valence-corrected chi connectivity index (χ2v) is 4.86. The van der Waals surface area contributed by atoms with Crippen LogP contribution in [0.5, 0.6) is 0 Å². The lowest BCUT2D eigenvalue weighted by atomic mass is 9.93. The number of carbonyl (C=O) groups excluding carboxylic acids is 2. The lowest BCUT2D eigenvalue weighted by Gasteiger charge is -2.12. The van der Waals surface area contributed by atoms with Gasteiger partial charge in [-0.2, -0.15) is 0 Å². The van der Waals surface area contributed by atoms with Crippen LogP contribution >= 0.6 is 0 Å². The number of fused-ring (bicyclic) bond motifs is 1. The maximum Gasteiger partial charge on any atom is 0.317 e. The Morgan fingerprint density at radius 2 is 2.00 bits per heavy atom. The number of benzene rings is 1. The third-order valence-electron chi connectivity index (χ3n) is 3.66. The van der Waals surface area contributed by atoms with Crippen LogP contribution in [0.3, 0.4) is 0 Å². The summed E-state index contributed by atoms with van der Waals surface area (Å²) in [4.78, 5) is 24.2. The molecule has 3 rings (SSSR count). The van der Waals surface area contributed by atoms with E-state index < -0.39 is 17.8 Å². The van der Waals surface area contributed by atoms with Crippen LogP contribution in [-0.4, -0.2) is 18.9 Å². The number of hydrogen-bond donors (Lipinski definition) is 0. The summed E-state index contributed by atoms with van der Waals surface area (Å²) in [5.41, 5.74) is 1.46. The number of methoxy groups -OCH3 is 1. The number of ketones is 1. The molecule has 2 aromatic rings. The van der Waals surface area contributed by atoms with E-state index in [0.717, 1.165) is 5.56 Å². The van der Waals surface area contributed by atoms with E-state index in [2.05, 4.69) is 0 Å². The van der Waals surface area contributed by atoms with Crippen LogP contribution in [0.1, 0.15) is 27.6 Å². The molecule has 21 heavy (non-hydrogen) atoms. The minimum atomic E-state index is -0.857. The Balaban J connectivity index is 1.96. The summed E-state index contributed by atoms with van der Waals surface area (Å²) in [6.45, 7) is 0. The van der Waals surface area contributed by atoms with Gasteiger partial charge >= 0.3 is 5.97 Å². The molecule has 1 aliphatic rings. The summed E-state index contributed by atoms with van der Waals surface area (Å²) in [6.07, 6.45) is 5.18. The number of hydrogen-bond acceptors (Lipinski definition) is 4. The van der Waals surface area contributed by atoms with Gasteiger partial charge in [0.05, 0.1) is 24.9 Å². The Labute approximate surface area is 122 Å². The van der Waals surface area contributed by atoms with E-state index in [1.807, 2.05) is 42.5 Å². The molecular weight excluding hydrogens is 268 g/mol. The molecule has 4 heteroatoms. The van der Waals surface area contributed by atoms with Gasteiger partial charge in [-0.1, -0.05) is 42.5 Å². The van der Waals surface area contributed by atoms with Crippen LogP contribution < -0.4 is 0 Å². The fraction of sp³-hybridized carbons (Fsp3) is 0.176. The Morgan fingerprint density at radius 3 is 2.71 bits per heavy atom. The van der Waals surface area contributed by atoms with E-state index >= 15 is 0 Å². The van der Waals surface area contributed by atoms with Gasteiger partial charge in [-0.25, -0.2) is 0 Å². The summed E-state index contributed by atoms with van der Waals surface area (Å²) in [5, 5.41) is 0. The molecule has 0 N–H and O–H groups in total. The Bertz CT molecular complexity index is 697. The number of carbonyl (C=O) groups is 2. The Morgan fingerprint density at radius 1 is 1.24 bits per heavy atom. The first kappa shape index (κ1) is 13.4. The maximum absolute atomic E-state index is 12.3. The van der Waals surface area contributed by atoms with Crippen LogP contribution in [0.15, 0.2) is 53.2 Å². The molecule has 0 bridgehead atoms. The first-order valence-corrected chi connectivity index (χ1v) is 6.65. The highest BCUT2D eigenvalue weighted by atomic mass is 16.5. The van der Waals surface area contributed by atoms with Crippen molar-refractivity contribution in [2.24, 2.45) is 5.92 Å². The Hall–Kier alpha value is -2.62. The highest BCUT2D eigenvalue weighted by Gasteiger charge is 2.46. The maximum atomic E-state index is 12.3.